The summed E-state index contributed by atoms with van der Waals surface area (Å²) in [6, 6.07) is 11.1. The fourth-order valence-corrected chi connectivity index (χ4v) is 2.43. The monoisotopic (exact) mass is 268 g/mol. The molecule has 20 heavy (non-hydrogen) atoms. The van der Waals surface area contributed by atoms with Gasteiger partial charge >= 0.3 is 0 Å². The van der Waals surface area contributed by atoms with Gasteiger partial charge in [0.25, 0.3) is 5.91 Å². The fourth-order valence-electron chi connectivity index (χ4n) is 2.43. The zero-order chi connectivity index (χ0) is 13.9. The van der Waals surface area contributed by atoms with E-state index in [0.717, 1.165) is 18.7 Å². The van der Waals surface area contributed by atoms with Crippen LogP contribution in [0.3, 0.4) is 0 Å². The minimum Gasteiger partial charge on any atom is -0.392 e. The number of carbonyl (C=O) groups excluding carboxylic acids is 1. The molecule has 1 aromatic carbocycles. The van der Waals surface area contributed by atoms with E-state index in [9.17, 15) is 4.79 Å². The molecule has 2 heterocycles. The summed E-state index contributed by atoms with van der Waals surface area (Å²) in [6.45, 7) is 1.51. The third kappa shape index (κ3) is 2.42. The van der Waals surface area contributed by atoms with Gasteiger partial charge in [0.15, 0.2) is 0 Å². The van der Waals surface area contributed by atoms with E-state index >= 15 is 0 Å². The summed E-state index contributed by atoms with van der Waals surface area (Å²) < 4.78 is 0. The molecule has 4 nitrogen and oxygen atoms in total. The molecule has 1 fully saturated rings. The van der Waals surface area contributed by atoms with Gasteiger partial charge in [-0.25, -0.2) is 0 Å². The summed E-state index contributed by atoms with van der Waals surface area (Å²) >= 11 is 0. The van der Waals surface area contributed by atoms with Gasteiger partial charge < -0.3 is 10.0 Å². The molecule has 1 saturated heterocycles. The molecule has 1 N–H and O–H groups in total. The lowest BCUT2D eigenvalue weighted by molar-refractivity contribution is 0.0602. The van der Waals surface area contributed by atoms with Crippen LogP contribution in [0.2, 0.25) is 0 Å². The molecule has 0 bridgehead atoms. The lowest BCUT2D eigenvalue weighted by Crippen LogP contribution is -2.48. The van der Waals surface area contributed by atoms with Crippen molar-refractivity contribution in [2.75, 3.05) is 13.1 Å². The molecule has 1 aliphatic rings. The van der Waals surface area contributed by atoms with Crippen LogP contribution in [0.5, 0.6) is 0 Å². The summed E-state index contributed by atoms with van der Waals surface area (Å²) in [6.07, 6.45) is 3.57. The number of carbonyl (C=O) groups is 1. The first-order chi connectivity index (χ1) is 9.78. The maximum Gasteiger partial charge on any atom is 0.253 e. The first-order valence-electron chi connectivity index (χ1n) is 6.67. The summed E-state index contributed by atoms with van der Waals surface area (Å²) in [5.74, 6) is 0.471. The molecule has 0 radical (unpaired) electrons. The number of aliphatic hydroxyl groups is 1. The Bertz CT molecular complexity index is 590. The summed E-state index contributed by atoms with van der Waals surface area (Å²) in [4.78, 5) is 18.1. The Morgan fingerprint density at radius 2 is 1.80 bits per heavy atom. The predicted molar refractivity (Wildman–Crippen MR) is 75.2 cm³/mol. The van der Waals surface area contributed by atoms with E-state index in [-0.39, 0.29) is 12.5 Å². The number of likely N-dealkylation sites (tertiary alicyclic amines) is 1. The largest absolute Gasteiger partial charge is 0.392 e. The molecule has 0 aliphatic carbocycles. The van der Waals surface area contributed by atoms with Crippen molar-refractivity contribution in [2.45, 2.75) is 12.5 Å². The quantitative estimate of drug-likeness (QED) is 0.923. The van der Waals surface area contributed by atoms with Crippen LogP contribution in [0.15, 0.2) is 48.8 Å². The molecular weight excluding hydrogens is 252 g/mol. The number of benzene rings is 1. The highest BCUT2D eigenvalue weighted by molar-refractivity contribution is 5.94. The molecule has 102 valence electrons. The van der Waals surface area contributed by atoms with Crippen LogP contribution in [0.1, 0.15) is 27.4 Å². The predicted octanol–water partition coefficient (Wildman–Crippen LogP) is 1.81. The van der Waals surface area contributed by atoms with Crippen LogP contribution in [0.4, 0.5) is 0 Å². The third-order valence-electron chi connectivity index (χ3n) is 3.73. The maximum atomic E-state index is 12.3. The van der Waals surface area contributed by atoms with Crippen molar-refractivity contribution in [3.8, 4) is 0 Å². The second kappa shape index (κ2) is 5.43. The first kappa shape index (κ1) is 12.8. The average Bonchev–Trinajstić information content (AvgIpc) is 2.47. The molecule has 3 rings (SSSR count). The number of hydrogen-bond donors (Lipinski definition) is 1. The van der Waals surface area contributed by atoms with E-state index in [2.05, 4.69) is 4.98 Å². The van der Waals surface area contributed by atoms with Crippen LogP contribution in [-0.4, -0.2) is 34.0 Å². The number of pyridine rings is 1. The van der Waals surface area contributed by atoms with Crippen molar-refractivity contribution in [1.82, 2.24) is 9.88 Å². The molecule has 0 atom stereocenters. The maximum absolute atomic E-state index is 12.3. The van der Waals surface area contributed by atoms with Crippen LogP contribution in [0, 0.1) is 0 Å². The second-order valence-electron chi connectivity index (χ2n) is 5.04. The van der Waals surface area contributed by atoms with Crippen molar-refractivity contribution in [3.63, 3.8) is 0 Å². The molecule has 2 aromatic rings. The Balaban J connectivity index is 1.63. The molecule has 0 spiro atoms. The SMILES string of the molecule is O=C(c1ccc(CO)cc1)N1CC(c2ccncc2)C1. The van der Waals surface area contributed by atoms with Gasteiger partial charge in [-0.05, 0) is 35.4 Å². The highest BCUT2D eigenvalue weighted by Gasteiger charge is 2.31. The standard InChI is InChI=1S/C16H16N2O2/c19-11-12-1-3-14(4-2-12)16(20)18-9-15(10-18)13-5-7-17-8-6-13/h1-8,15,19H,9-11H2. The van der Waals surface area contributed by atoms with E-state index < -0.39 is 0 Å². The summed E-state index contributed by atoms with van der Waals surface area (Å²) in [7, 11) is 0. The third-order valence-corrected chi connectivity index (χ3v) is 3.73. The second-order valence-corrected chi connectivity index (χ2v) is 5.04. The van der Waals surface area contributed by atoms with Gasteiger partial charge in [-0.3, -0.25) is 9.78 Å². The van der Waals surface area contributed by atoms with Gasteiger partial charge in [-0.15, -0.1) is 0 Å². The summed E-state index contributed by atoms with van der Waals surface area (Å²) in [5, 5.41) is 8.99. The Kier molecular flexibility index (Phi) is 3.48. The lowest BCUT2D eigenvalue weighted by atomic mass is 9.91. The first-order valence-corrected chi connectivity index (χ1v) is 6.67. The van der Waals surface area contributed by atoms with E-state index in [0.29, 0.717) is 11.5 Å². The normalized spacial score (nSPS) is 14.9. The van der Waals surface area contributed by atoms with Crippen LogP contribution in [-0.2, 0) is 6.61 Å². The highest BCUT2D eigenvalue weighted by Crippen LogP contribution is 2.27. The van der Waals surface area contributed by atoms with Crippen molar-refractivity contribution < 1.29 is 9.90 Å². The van der Waals surface area contributed by atoms with Crippen LogP contribution >= 0.6 is 0 Å². The molecule has 4 heteroatoms. The highest BCUT2D eigenvalue weighted by atomic mass is 16.3. The zero-order valence-corrected chi connectivity index (χ0v) is 11.1. The van der Waals surface area contributed by atoms with Gasteiger partial charge in [0.1, 0.15) is 0 Å². The minimum atomic E-state index is 0.00228. The molecule has 1 amide bonds. The number of amides is 1. The van der Waals surface area contributed by atoms with Crippen LogP contribution < -0.4 is 0 Å². The lowest BCUT2D eigenvalue weighted by Gasteiger charge is -2.39. The van der Waals surface area contributed by atoms with Crippen molar-refractivity contribution in [2.24, 2.45) is 0 Å². The number of nitrogens with zero attached hydrogens (tertiary/aromatic N) is 2. The van der Waals surface area contributed by atoms with Gasteiger partial charge in [0.05, 0.1) is 6.61 Å². The number of hydrogen-bond acceptors (Lipinski definition) is 3. The molecule has 0 saturated carbocycles. The van der Waals surface area contributed by atoms with Gasteiger partial charge in [0, 0.05) is 37.0 Å². The minimum absolute atomic E-state index is 0.00228. The smallest absolute Gasteiger partial charge is 0.253 e. The van der Waals surface area contributed by atoms with E-state index in [1.54, 1.807) is 36.7 Å². The van der Waals surface area contributed by atoms with Gasteiger partial charge in [0.2, 0.25) is 0 Å². The zero-order valence-electron chi connectivity index (χ0n) is 11.1. The Morgan fingerprint density at radius 3 is 2.40 bits per heavy atom. The van der Waals surface area contributed by atoms with Crippen molar-refractivity contribution in [1.29, 1.82) is 0 Å². The average molecular weight is 268 g/mol. The summed E-state index contributed by atoms with van der Waals surface area (Å²) in [5.41, 5.74) is 2.73. The molecular formula is C16H16N2O2. The number of aliphatic hydroxyl groups excluding tert-OH is 1. The Labute approximate surface area is 117 Å². The Morgan fingerprint density at radius 1 is 1.15 bits per heavy atom. The van der Waals surface area contributed by atoms with Crippen molar-refractivity contribution >= 4 is 5.91 Å². The van der Waals surface area contributed by atoms with E-state index in [4.69, 9.17) is 5.11 Å². The van der Waals surface area contributed by atoms with Crippen LogP contribution in [0.25, 0.3) is 0 Å². The molecule has 0 unspecified atom stereocenters. The van der Waals surface area contributed by atoms with Gasteiger partial charge in [-0.1, -0.05) is 12.1 Å². The Hall–Kier alpha value is -2.20. The van der Waals surface area contributed by atoms with E-state index in [1.807, 2.05) is 17.0 Å². The van der Waals surface area contributed by atoms with Gasteiger partial charge in [-0.2, -0.15) is 0 Å². The topological polar surface area (TPSA) is 53.4 Å². The molecule has 1 aliphatic heterocycles. The number of rotatable bonds is 3. The van der Waals surface area contributed by atoms with E-state index in [1.165, 1.54) is 5.56 Å². The van der Waals surface area contributed by atoms with Crippen molar-refractivity contribution in [3.05, 3.63) is 65.5 Å². The molecule has 1 aromatic heterocycles. The fraction of sp³-hybridized carbons (Fsp3) is 0.250. The number of aromatic nitrogens is 1.